The van der Waals surface area contributed by atoms with Crippen molar-refractivity contribution in [2.24, 2.45) is 24.6 Å². The average molecular weight is 252 g/mol. The zero-order valence-corrected chi connectivity index (χ0v) is 11.7. The molecule has 0 fully saturated rings. The highest BCUT2D eigenvalue weighted by atomic mass is 16.1. The van der Waals surface area contributed by atoms with Gasteiger partial charge in [-0.15, -0.1) is 0 Å². The van der Waals surface area contributed by atoms with E-state index < -0.39 is 0 Å². The number of aryl methyl sites for hydroxylation is 2. The summed E-state index contributed by atoms with van der Waals surface area (Å²) in [6.07, 6.45) is 3.44. The van der Waals surface area contributed by atoms with E-state index in [2.05, 4.69) is 24.3 Å². The first-order valence-corrected chi connectivity index (χ1v) is 6.51. The fraction of sp³-hybridized carbons (Fsp3) is 0.692. The van der Waals surface area contributed by atoms with E-state index in [9.17, 15) is 4.79 Å². The fourth-order valence-electron chi connectivity index (χ4n) is 2.01. The zero-order valence-electron chi connectivity index (χ0n) is 11.7. The Bertz CT molecular complexity index is 398. The van der Waals surface area contributed by atoms with Crippen LogP contribution in [0.5, 0.6) is 0 Å². The molecular formula is C13H24N4O. The minimum Gasteiger partial charge on any atom is -0.330 e. The van der Waals surface area contributed by atoms with E-state index in [0.717, 1.165) is 24.2 Å². The summed E-state index contributed by atoms with van der Waals surface area (Å²) >= 11 is 0. The minimum absolute atomic E-state index is 0.00565. The predicted octanol–water partition coefficient (Wildman–Crippen LogP) is 1.54. The van der Waals surface area contributed by atoms with Crippen LogP contribution in [0.15, 0.2) is 6.20 Å². The molecule has 1 aromatic heterocycles. The number of carbonyl (C=O) groups excluding carboxylic acids is 1. The van der Waals surface area contributed by atoms with Crippen molar-refractivity contribution in [1.29, 1.82) is 0 Å². The van der Waals surface area contributed by atoms with Crippen molar-refractivity contribution >= 4 is 11.6 Å². The number of hydrogen-bond acceptors (Lipinski definition) is 3. The lowest BCUT2D eigenvalue weighted by Gasteiger charge is -2.16. The molecule has 1 aromatic rings. The van der Waals surface area contributed by atoms with Crippen molar-refractivity contribution in [3.63, 3.8) is 0 Å². The van der Waals surface area contributed by atoms with E-state index in [-0.39, 0.29) is 11.8 Å². The van der Waals surface area contributed by atoms with Crippen LogP contribution in [-0.4, -0.2) is 22.2 Å². The van der Waals surface area contributed by atoms with E-state index in [4.69, 9.17) is 5.73 Å². The Labute approximate surface area is 109 Å². The van der Waals surface area contributed by atoms with Crippen molar-refractivity contribution in [2.75, 3.05) is 11.9 Å². The maximum atomic E-state index is 12.1. The maximum absolute atomic E-state index is 12.1. The Morgan fingerprint density at radius 3 is 2.72 bits per heavy atom. The lowest BCUT2D eigenvalue weighted by Crippen LogP contribution is -2.30. The van der Waals surface area contributed by atoms with Crippen LogP contribution in [0, 0.1) is 11.8 Å². The zero-order chi connectivity index (χ0) is 13.7. The van der Waals surface area contributed by atoms with Crippen molar-refractivity contribution in [3.8, 4) is 0 Å². The van der Waals surface area contributed by atoms with E-state index >= 15 is 0 Å². The third kappa shape index (κ3) is 3.84. The van der Waals surface area contributed by atoms with Gasteiger partial charge in [0.25, 0.3) is 0 Å². The second-order valence-corrected chi connectivity index (χ2v) is 5.07. The van der Waals surface area contributed by atoms with Crippen molar-refractivity contribution in [2.45, 2.75) is 33.6 Å². The number of rotatable bonds is 6. The van der Waals surface area contributed by atoms with Gasteiger partial charge in [0.15, 0.2) is 0 Å². The molecule has 1 heterocycles. The summed E-state index contributed by atoms with van der Waals surface area (Å²) in [5.74, 6) is 0.327. The van der Waals surface area contributed by atoms with Crippen LogP contribution >= 0.6 is 0 Å². The molecular weight excluding hydrogens is 228 g/mol. The molecule has 0 aliphatic heterocycles. The molecule has 0 saturated carbocycles. The molecule has 0 aromatic carbocycles. The number of aromatic nitrogens is 2. The molecule has 102 valence electrons. The molecule has 5 heteroatoms. The van der Waals surface area contributed by atoms with E-state index in [1.165, 1.54) is 0 Å². The van der Waals surface area contributed by atoms with Gasteiger partial charge in [-0.05, 0) is 18.8 Å². The van der Waals surface area contributed by atoms with Gasteiger partial charge in [0.05, 0.1) is 17.3 Å². The molecule has 18 heavy (non-hydrogen) atoms. The molecule has 3 N–H and O–H groups in total. The Kier molecular flexibility index (Phi) is 5.34. The standard InChI is InChI=1S/C13H24N4O/c1-5-11-12(8-17(4)16-11)15-13(18)10(7-14)6-9(2)3/h8-10H,5-7,14H2,1-4H3,(H,15,18). The molecule has 0 bridgehead atoms. The Morgan fingerprint density at radius 1 is 1.56 bits per heavy atom. The van der Waals surface area contributed by atoms with Gasteiger partial charge in [-0.3, -0.25) is 9.48 Å². The Morgan fingerprint density at radius 2 is 2.22 bits per heavy atom. The van der Waals surface area contributed by atoms with Crippen LogP contribution in [0.4, 0.5) is 5.69 Å². The highest BCUT2D eigenvalue weighted by Crippen LogP contribution is 2.17. The molecule has 0 radical (unpaired) electrons. The van der Waals surface area contributed by atoms with Gasteiger partial charge in [-0.2, -0.15) is 5.10 Å². The minimum atomic E-state index is -0.130. The van der Waals surface area contributed by atoms with Crippen LogP contribution < -0.4 is 11.1 Å². The molecule has 1 amide bonds. The van der Waals surface area contributed by atoms with E-state index in [0.29, 0.717) is 12.5 Å². The topological polar surface area (TPSA) is 72.9 Å². The van der Waals surface area contributed by atoms with Gasteiger partial charge in [0.2, 0.25) is 5.91 Å². The summed E-state index contributed by atoms with van der Waals surface area (Å²) < 4.78 is 1.72. The summed E-state index contributed by atoms with van der Waals surface area (Å²) in [6.45, 7) is 6.59. The second-order valence-electron chi connectivity index (χ2n) is 5.07. The number of anilines is 1. The first kappa shape index (κ1) is 14.7. The molecule has 1 rings (SSSR count). The Balaban J connectivity index is 2.73. The molecule has 1 atom stereocenters. The normalized spacial score (nSPS) is 12.8. The smallest absolute Gasteiger partial charge is 0.228 e. The van der Waals surface area contributed by atoms with Crippen molar-refractivity contribution in [3.05, 3.63) is 11.9 Å². The third-order valence-electron chi connectivity index (χ3n) is 2.91. The monoisotopic (exact) mass is 252 g/mol. The quantitative estimate of drug-likeness (QED) is 0.806. The lowest BCUT2D eigenvalue weighted by atomic mass is 9.96. The summed E-state index contributed by atoms with van der Waals surface area (Å²) in [5, 5.41) is 7.24. The van der Waals surface area contributed by atoms with Gasteiger partial charge < -0.3 is 11.1 Å². The molecule has 0 aliphatic rings. The molecule has 0 saturated heterocycles. The number of nitrogens with zero attached hydrogens (tertiary/aromatic N) is 2. The van der Waals surface area contributed by atoms with Crippen LogP contribution in [0.1, 0.15) is 32.9 Å². The molecule has 0 spiro atoms. The lowest BCUT2D eigenvalue weighted by molar-refractivity contribution is -0.120. The van der Waals surface area contributed by atoms with Crippen LogP contribution in [0.2, 0.25) is 0 Å². The first-order valence-electron chi connectivity index (χ1n) is 6.51. The number of nitrogens with one attached hydrogen (secondary N) is 1. The highest BCUT2D eigenvalue weighted by Gasteiger charge is 2.19. The molecule has 1 unspecified atom stereocenters. The van der Waals surface area contributed by atoms with Gasteiger partial charge in [0, 0.05) is 19.8 Å². The summed E-state index contributed by atoms with van der Waals surface area (Å²) in [5.41, 5.74) is 7.38. The van der Waals surface area contributed by atoms with Crippen molar-refractivity contribution in [1.82, 2.24) is 9.78 Å². The number of hydrogen-bond donors (Lipinski definition) is 2. The van der Waals surface area contributed by atoms with E-state index in [1.807, 2.05) is 20.2 Å². The highest BCUT2D eigenvalue weighted by molar-refractivity contribution is 5.93. The van der Waals surface area contributed by atoms with Gasteiger partial charge in [-0.25, -0.2) is 0 Å². The largest absolute Gasteiger partial charge is 0.330 e. The SMILES string of the molecule is CCc1nn(C)cc1NC(=O)C(CN)CC(C)C. The number of amides is 1. The number of nitrogens with two attached hydrogens (primary N) is 1. The molecule has 0 aliphatic carbocycles. The van der Waals surface area contributed by atoms with Crippen LogP contribution in [-0.2, 0) is 18.3 Å². The van der Waals surface area contributed by atoms with Gasteiger partial charge in [-0.1, -0.05) is 20.8 Å². The predicted molar refractivity (Wildman–Crippen MR) is 73.2 cm³/mol. The van der Waals surface area contributed by atoms with Gasteiger partial charge >= 0.3 is 0 Å². The number of carbonyl (C=O) groups is 1. The molecule has 5 nitrogen and oxygen atoms in total. The summed E-state index contributed by atoms with van der Waals surface area (Å²) in [7, 11) is 1.85. The first-order chi connectivity index (χ1) is 8.47. The Hall–Kier alpha value is -1.36. The van der Waals surface area contributed by atoms with Crippen LogP contribution in [0.25, 0.3) is 0 Å². The van der Waals surface area contributed by atoms with Gasteiger partial charge in [0.1, 0.15) is 0 Å². The summed E-state index contributed by atoms with van der Waals surface area (Å²) in [6, 6.07) is 0. The average Bonchev–Trinajstić information content (AvgIpc) is 2.65. The van der Waals surface area contributed by atoms with Crippen molar-refractivity contribution < 1.29 is 4.79 Å². The fourth-order valence-corrected chi connectivity index (χ4v) is 2.01. The van der Waals surface area contributed by atoms with Crippen LogP contribution in [0.3, 0.4) is 0 Å². The van der Waals surface area contributed by atoms with E-state index in [1.54, 1.807) is 4.68 Å². The maximum Gasteiger partial charge on any atom is 0.228 e. The second kappa shape index (κ2) is 6.54. The third-order valence-corrected chi connectivity index (χ3v) is 2.91. The summed E-state index contributed by atoms with van der Waals surface area (Å²) in [4.78, 5) is 12.1.